The predicted octanol–water partition coefficient (Wildman–Crippen LogP) is 0.802. The molecular weight excluding hydrogens is 479 g/mol. The van der Waals surface area contributed by atoms with Gasteiger partial charge in [0.2, 0.25) is 0 Å². The molecule has 6 N–H and O–H groups in total. The molecule has 4 aliphatic rings. The summed E-state index contributed by atoms with van der Waals surface area (Å²) in [6.07, 6.45) is 1.93. The number of carboxylic acids is 2. The number of ketones is 2. The van der Waals surface area contributed by atoms with Gasteiger partial charge in [-0.1, -0.05) is 18.6 Å². The van der Waals surface area contributed by atoms with E-state index in [2.05, 4.69) is 0 Å². The van der Waals surface area contributed by atoms with E-state index >= 15 is 4.39 Å². The number of aliphatic carboxylic acids is 2. The number of Topliss-reactive ketones (excluding diaryl/α,β-unsaturated/α-hetero) is 1. The maximum absolute atomic E-state index is 16.8. The monoisotopic (exact) mass is 514 g/mol. The zero-order valence-corrected chi connectivity index (χ0v) is 20.8. The minimum Gasteiger partial charge on any atom is -0.481 e. The van der Waals surface area contributed by atoms with Crippen molar-refractivity contribution >= 4 is 23.5 Å². The number of rotatable bonds is 2. The van der Waals surface area contributed by atoms with Gasteiger partial charge in [-0.05, 0) is 50.7 Å². The molecule has 0 aliphatic heterocycles. The third-order valence-electron chi connectivity index (χ3n) is 8.43. The number of fused-ring (bicyclic) bond motifs is 5. The molecule has 0 spiro atoms. The second-order valence-electron chi connectivity index (χ2n) is 10.4. The van der Waals surface area contributed by atoms with E-state index < -0.39 is 70.5 Å². The number of aliphatic hydroxyl groups excluding tert-OH is 3. The highest BCUT2D eigenvalue weighted by atomic mass is 19.1. The third-order valence-corrected chi connectivity index (χ3v) is 8.43. The molecule has 0 amide bonds. The second-order valence-corrected chi connectivity index (χ2v) is 10.4. The first-order chi connectivity index (χ1) is 16.4. The summed E-state index contributed by atoms with van der Waals surface area (Å²) in [7, 11) is 0. The quantitative estimate of drug-likeness (QED) is 0.307. The molecule has 0 radical (unpaired) electrons. The zero-order valence-electron chi connectivity index (χ0n) is 20.8. The number of halogens is 1. The first kappa shape index (κ1) is 29.8. The molecule has 8 atom stereocenters. The van der Waals surface area contributed by atoms with Crippen molar-refractivity contribution in [3.63, 3.8) is 0 Å². The lowest BCUT2D eigenvalue weighted by molar-refractivity contribution is -0.222. The van der Waals surface area contributed by atoms with Crippen molar-refractivity contribution in [2.75, 3.05) is 6.61 Å². The predicted molar refractivity (Wildman–Crippen MR) is 123 cm³/mol. The number of alkyl halides is 1. The van der Waals surface area contributed by atoms with Crippen LogP contribution in [0.3, 0.4) is 0 Å². The van der Waals surface area contributed by atoms with Crippen molar-refractivity contribution in [2.45, 2.75) is 76.9 Å². The first-order valence-corrected chi connectivity index (χ1v) is 11.7. The van der Waals surface area contributed by atoms with Crippen LogP contribution in [0.1, 0.15) is 53.4 Å². The van der Waals surface area contributed by atoms with E-state index in [0.29, 0.717) is 18.4 Å². The van der Waals surface area contributed by atoms with Crippen LogP contribution in [0.5, 0.6) is 0 Å². The van der Waals surface area contributed by atoms with Crippen molar-refractivity contribution in [1.82, 2.24) is 0 Å². The summed E-state index contributed by atoms with van der Waals surface area (Å²) in [6, 6.07) is 0. The van der Waals surface area contributed by atoms with Crippen LogP contribution in [0, 0.1) is 22.7 Å². The van der Waals surface area contributed by atoms with E-state index in [1.165, 1.54) is 18.2 Å². The Hall–Kier alpha value is -2.47. The number of hydrogen-bond acceptors (Lipinski definition) is 8. The Morgan fingerprint density at radius 1 is 1.06 bits per heavy atom. The summed E-state index contributed by atoms with van der Waals surface area (Å²) in [5.41, 5.74) is -6.12. The molecule has 0 saturated heterocycles. The van der Waals surface area contributed by atoms with E-state index in [9.17, 15) is 30.0 Å². The van der Waals surface area contributed by atoms with Crippen molar-refractivity contribution in [2.24, 2.45) is 22.7 Å². The van der Waals surface area contributed by atoms with Gasteiger partial charge < -0.3 is 30.6 Å². The average molecular weight is 515 g/mol. The highest BCUT2D eigenvalue weighted by Crippen LogP contribution is 2.69. The van der Waals surface area contributed by atoms with Crippen LogP contribution in [0.15, 0.2) is 23.8 Å². The molecule has 3 saturated carbocycles. The van der Waals surface area contributed by atoms with Gasteiger partial charge in [0, 0.05) is 30.6 Å². The van der Waals surface area contributed by atoms with Gasteiger partial charge >= 0.3 is 0 Å². The lowest BCUT2D eigenvalue weighted by atomic mass is 9.44. The van der Waals surface area contributed by atoms with Crippen LogP contribution >= 0.6 is 0 Å². The lowest BCUT2D eigenvalue weighted by Gasteiger charge is -2.62. The number of carbonyl (C=O) groups is 4. The van der Waals surface area contributed by atoms with Gasteiger partial charge in [0.1, 0.15) is 6.61 Å². The molecule has 0 heterocycles. The van der Waals surface area contributed by atoms with Gasteiger partial charge in [-0.25, -0.2) is 4.39 Å². The molecule has 11 heteroatoms. The van der Waals surface area contributed by atoms with Gasteiger partial charge in [-0.15, -0.1) is 0 Å². The van der Waals surface area contributed by atoms with Crippen molar-refractivity contribution in [1.29, 1.82) is 0 Å². The Morgan fingerprint density at radius 2 is 1.58 bits per heavy atom. The molecule has 4 rings (SSSR count). The Labute approximate surface area is 208 Å². The van der Waals surface area contributed by atoms with Crippen LogP contribution in [-0.2, 0) is 19.2 Å². The molecule has 0 aromatic heterocycles. The van der Waals surface area contributed by atoms with Crippen molar-refractivity contribution in [3.05, 3.63) is 23.8 Å². The molecule has 202 valence electrons. The number of carboxylic acid groups (broad SMARTS) is 2. The summed E-state index contributed by atoms with van der Waals surface area (Å²) < 4.78 is 16.8. The van der Waals surface area contributed by atoms with Crippen LogP contribution in [0.2, 0.25) is 0 Å². The molecule has 0 bridgehead atoms. The zero-order chi connectivity index (χ0) is 27.9. The van der Waals surface area contributed by atoms with Crippen molar-refractivity contribution < 1.29 is 54.2 Å². The van der Waals surface area contributed by atoms with E-state index in [0.717, 1.165) is 13.8 Å². The van der Waals surface area contributed by atoms with Crippen LogP contribution in [-0.4, -0.2) is 84.2 Å². The highest BCUT2D eigenvalue weighted by molar-refractivity contribution is 6.01. The fraction of sp³-hybridized carbons (Fsp3) is 0.680. The average Bonchev–Trinajstić information content (AvgIpc) is 2.95. The molecule has 4 aliphatic carbocycles. The van der Waals surface area contributed by atoms with E-state index in [1.54, 1.807) is 13.8 Å². The highest BCUT2D eigenvalue weighted by Gasteiger charge is 2.76. The second kappa shape index (κ2) is 10.1. The summed E-state index contributed by atoms with van der Waals surface area (Å²) in [6.45, 7) is 4.50. The Kier molecular flexibility index (Phi) is 8.37. The van der Waals surface area contributed by atoms with Crippen molar-refractivity contribution in [3.8, 4) is 0 Å². The topological polar surface area (TPSA) is 190 Å². The lowest BCUT2D eigenvalue weighted by Crippen LogP contribution is -2.69. The first-order valence-electron chi connectivity index (χ1n) is 11.7. The summed E-state index contributed by atoms with van der Waals surface area (Å²) >= 11 is 0. The van der Waals surface area contributed by atoms with Gasteiger partial charge in [-0.2, -0.15) is 0 Å². The molecule has 3 fully saturated rings. The van der Waals surface area contributed by atoms with Crippen LogP contribution in [0.4, 0.5) is 4.39 Å². The van der Waals surface area contributed by atoms with Gasteiger partial charge in [0.25, 0.3) is 11.9 Å². The van der Waals surface area contributed by atoms with Gasteiger partial charge in [-0.3, -0.25) is 19.2 Å². The van der Waals surface area contributed by atoms with E-state index in [1.807, 2.05) is 0 Å². The SMILES string of the molecule is CC(=O)O.CC(=O)O.C[C@]12C=CC(=O)C=C1CC[C@H]1[C@@H]3C[C@@H](O)[C@](O)(C(=O)CO)[C@@]3(C)C[C@H](O)[C@@]12F. The molecule has 10 nitrogen and oxygen atoms in total. The Morgan fingerprint density at radius 3 is 2.08 bits per heavy atom. The minimum atomic E-state index is -2.23. The summed E-state index contributed by atoms with van der Waals surface area (Å²) in [4.78, 5) is 42.2. The largest absolute Gasteiger partial charge is 0.481 e. The smallest absolute Gasteiger partial charge is 0.300 e. The maximum Gasteiger partial charge on any atom is 0.300 e. The molecule has 0 unspecified atom stereocenters. The summed E-state index contributed by atoms with van der Waals surface area (Å²) in [5.74, 6) is -4.05. The fourth-order valence-corrected chi connectivity index (χ4v) is 6.85. The number of carbonyl (C=O) groups excluding carboxylic acids is 2. The standard InChI is InChI=1S/C21H27FO6.2C2H4O2/c1-18-6-5-12(24)7-11(18)3-4-13-14-8-15(25)21(28,17(27)10-23)19(14,2)9-16(26)20(13,18)22;2*1-2(3)4/h5-7,13-16,23,25-26,28H,3-4,8-10H2,1-2H3;2*1H3,(H,3,4)/t13-,14-,15+,16-,18-,19-,20-,21-;;/m0../s1. The van der Waals surface area contributed by atoms with Crippen LogP contribution < -0.4 is 0 Å². The number of hydrogen-bond donors (Lipinski definition) is 6. The molecular formula is C25H35FO10. The Balaban J connectivity index is 0.000000501. The molecule has 0 aromatic carbocycles. The van der Waals surface area contributed by atoms with Crippen LogP contribution in [0.25, 0.3) is 0 Å². The van der Waals surface area contributed by atoms with Gasteiger partial charge in [0.05, 0.1) is 12.2 Å². The van der Waals surface area contributed by atoms with E-state index in [-0.39, 0.29) is 18.6 Å². The van der Waals surface area contributed by atoms with E-state index in [4.69, 9.17) is 19.8 Å². The maximum atomic E-state index is 16.8. The number of aliphatic hydroxyl groups is 4. The molecule has 36 heavy (non-hydrogen) atoms. The normalized spacial score (nSPS) is 42.2. The number of allylic oxidation sites excluding steroid dienone is 4. The van der Waals surface area contributed by atoms with Gasteiger partial charge in [0.15, 0.2) is 22.8 Å². The third kappa shape index (κ3) is 4.42. The Bertz CT molecular complexity index is 971. The molecule has 0 aromatic rings. The fourth-order valence-electron chi connectivity index (χ4n) is 6.85. The minimum absolute atomic E-state index is 0.0135. The summed E-state index contributed by atoms with van der Waals surface area (Å²) in [5, 5.41) is 56.9.